The van der Waals surface area contributed by atoms with Crippen molar-refractivity contribution in [3.8, 4) is 5.75 Å². The fourth-order valence-corrected chi connectivity index (χ4v) is 2.37. The average molecular weight is 316 g/mol. The molecule has 0 aliphatic carbocycles. The Morgan fingerprint density at radius 2 is 2.18 bits per heavy atom. The molecule has 2 heterocycles. The van der Waals surface area contributed by atoms with Gasteiger partial charge in [0.1, 0.15) is 11.4 Å². The summed E-state index contributed by atoms with van der Waals surface area (Å²) in [5.74, 6) is -0.446. The molecule has 0 saturated heterocycles. The number of hydrogen-bond donors (Lipinski definition) is 2. The zero-order valence-corrected chi connectivity index (χ0v) is 12.4. The lowest BCUT2D eigenvalue weighted by atomic mass is 10.2. The first-order valence-corrected chi connectivity index (χ1v) is 7.20. The molecule has 0 unspecified atom stereocenters. The van der Waals surface area contributed by atoms with Gasteiger partial charge in [0.15, 0.2) is 0 Å². The van der Waals surface area contributed by atoms with Gasteiger partial charge in [0.05, 0.1) is 11.3 Å². The topological polar surface area (TPSA) is 66.6 Å². The summed E-state index contributed by atoms with van der Waals surface area (Å²) in [5, 5.41) is 12.8. The number of amides is 1. The quantitative estimate of drug-likeness (QED) is 0.778. The Morgan fingerprint density at radius 1 is 1.32 bits per heavy atom. The van der Waals surface area contributed by atoms with Gasteiger partial charge in [0.2, 0.25) is 0 Å². The molecule has 0 aliphatic heterocycles. The smallest absolute Gasteiger partial charge is 0.255 e. The number of rotatable bonds is 4. The van der Waals surface area contributed by atoms with Crippen molar-refractivity contribution in [3.05, 3.63) is 65.1 Å². The number of carbonyl (C=O) groups is 1. The molecule has 0 saturated carbocycles. The second kappa shape index (κ2) is 6.07. The number of pyridine rings is 1. The fraction of sp³-hybridized carbons (Fsp3) is 0.125. The van der Waals surface area contributed by atoms with Crippen LogP contribution >= 0.6 is 11.6 Å². The number of benzene rings is 1. The van der Waals surface area contributed by atoms with Gasteiger partial charge < -0.3 is 14.8 Å². The molecule has 5 nitrogen and oxygen atoms in total. The van der Waals surface area contributed by atoms with Gasteiger partial charge in [-0.3, -0.25) is 4.79 Å². The third kappa shape index (κ3) is 3.04. The van der Waals surface area contributed by atoms with E-state index in [1.807, 2.05) is 35.0 Å². The number of halogens is 1. The molecular weight excluding hydrogens is 302 g/mol. The molecular formula is C16H14ClN3O2. The van der Waals surface area contributed by atoms with E-state index in [2.05, 4.69) is 10.3 Å². The highest BCUT2D eigenvalue weighted by molar-refractivity contribution is 6.31. The van der Waals surface area contributed by atoms with Crippen LogP contribution in [0.3, 0.4) is 0 Å². The molecule has 3 rings (SSSR count). The van der Waals surface area contributed by atoms with Gasteiger partial charge in [-0.05, 0) is 30.3 Å². The van der Waals surface area contributed by atoms with Crippen molar-refractivity contribution in [1.29, 1.82) is 0 Å². The summed E-state index contributed by atoms with van der Waals surface area (Å²) in [5.41, 5.74) is 1.93. The molecule has 22 heavy (non-hydrogen) atoms. The van der Waals surface area contributed by atoms with E-state index in [4.69, 9.17) is 11.6 Å². The van der Waals surface area contributed by atoms with Crippen molar-refractivity contribution in [3.63, 3.8) is 0 Å². The zero-order valence-electron chi connectivity index (χ0n) is 11.7. The molecule has 112 valence electrons. The SMILES string of the molecule is O=C(NCCc1cn2ccccc2n1)c1cc(Cl)ccc1O. The molecule has 6 heteroatoms. The number of nitrogens with one attached hydrogen (secondary N) is 1. The average Bonchev–Trinajstić information content (AvgIpc) is 2.92. The maximum absolute atomic E-state index is 12.0. The van der Waals surface area contributed by atoms with Crippen LogP contribution in [-0.4, -0.2) is 26.9 Å². The summed E-state index contributed by atoms with van der Waals surface area (Å²) in [6.45, 7) is 0.425. The molecule has 3 aromatic rings. The number of phenolic OH excluding ortho intramolecular Hbond substituents is 1. The molecule has 0 spiro atoms. The molecule has 1 aromatic carbocycles. The number of fused-ring (bicyclic) bond motifs is 1. The van der Waals surface area contributed by atoms with E-state index in [1.165, 1.54) is 18.2 Å². The van der Waals surface area contributed by atoms with Crippen molar-refractivity contribution in [2.24, 2.45) is 0 Å². The summed E-state index contributed by atoms with van der Waals surface area (Å²) in [6, 6.07) is 10.2. The van der Waals surface area contributed by atoms with E-state index >= 15 is 0 Å². The molecule has 0 radical (unpaired) electrons. The third-order valence-electron chi connectivity index (χ3n) is 3.28. The standard InChI is InChI=1S/C16H14ClN3O2/c17-11-4-5-14(21)13(9-11)16(22)18-7-6-12-10-20-8-2-1-3-15(20)19-12/h1-5,8-10,21H,6-7H2,(H,18,22). The largest absolute Gasteiger partial charge is 0.507 e. The van der Waals surface area contributed by atoms with Crippen LogP contribution in [0.15, 0.2) is 48.8 Å². The minimum Gasteiger partial charge on any atom is -0.507 e. The van der Waals surface area contributed by atoms with Crippen LogP contribution in [-0.2, 0) is 6.42 Å². The van der Waals surface area contributed by atoms with Gasteiger partial charge in [-0.2, -0.15) is 0 Å². The number of carbonyl (C=O) groups excluding carboxylic acids is 1. The second-order valence-electron chi connectivity index (χ2n) is 4.87. The van der Waals surface area contributed by atoms with E-state index in [0.29, 0.717) is 18.0 Å². The van der Waals surface area contributed by atoms with Crippen molar-refractivity contribution in [1.82, 2.24) is 14.7 Å². The molecule has 0 aliphatic rings. The first kappa shape index (κ1) is 14.4. The van der Waals surface area contributed by atoms with Crippen LogP contribution in [0.2, 0.25) is 5.02 Å². The van der Waals surface area contributed by atoms with Gasteiger partial charge >= 0.3 is 0 Å². The Hall–Kier alpha value is -2.53. The first-order chi connectivity index (χ1) is 10.6. The Bertz CT molecular complexity index is 796. The van der Waals surface area contributed by atoms with E-state index in [0.717, 1.165) is 11.3 Å². The van der Waals surface area contributed by atoms with E-state index < -0.39 is 0 Å². The second-order valence-corrected chi connectivity index (χ2v) is 5.30. The highest BCUT2D eigenvalue weighted by atomic mass is 35.5. The lowest BCUT2D eigenvalue weighted by Crippen LogP contribution is -2.25. The third-order valence-corrected chi connectivity index (χ3v) is 3.52. The minimum atomic E-state index is -0.358. The Balaban J connectivity index is 1.62. The van der Waals surface area contributed by atoms with Crippen LogP contribution in [0.5, 0.6) is 5.75 Å². The van der Waals surface area contributed by atoms with Crippen molar-refractivity contribution in [2.45, 2.75) is 6.42 Å². The summed E-state index contributed by atoms with van der Waals surface area (Å²) in [6.07, 6.45) is 4.46. The zero-order chi connectivity index (χ0) is 15.5. The first-order valence-electron chi connectivity index (χ1n) is 6.83. The lowest BCUT2D eigenvalue weighted by molar-refractivity contribution is 0.0951. The monoisotopic (exact) mass is 315 g/mol. The number of hydrogen-bond acceptors (Lipinski definition) is 3. The van der Waals surface area contributed by atoms with E-state index in [-0.39, 0.29) is 17.2 Å². The van der Waals surface area contributed by atoms with Crippen LogP contribution in [0, 0.1) is 0 Å². The molecule has 2 aromatic heterocycles. The van der Waals surface area contributed by atoms with Crippen LogP contribution in [0.25, 0.3) is 5.65 Å². The molecule has 0 atom stereocenters. The van der Waals surface area contributed by atoms with Crippen molar-refractivity contribution >= 4 is 23.2 Å². The predicted molar refractivity (Wildman–Crippen MR) is 84.3 cm³/mol. The summed E-state index contributed by atoms with van der Waals surface area (Å²) >= 11 is 5.83. The Morgan fingerprint density at radius 3 is 3.00 bits per heavy atom. The van der Waals surface area contributed by atoms with E-state index in [9.17, 15) is 9.90 Å². The van der Waals surface area contributed by atoms with Gasteiger partial charge in [0, 0.05) is 30.4 Å². The molecule has 1 amide bonds. The highest BCUT2D eigenvalue weighted by Gasteiger charge is 2.11. The predicted octanol–water partition coefficient (Wildman–Crippen LogP) is 2.67. The molecule has 2 N–H and O–H groups in total. The summed E-state index contributed by atoms with van der Waals surface area (Å²) < 4.78 is 1.93. The van der Waals surface area contributed by atoms with Gasteiger partial charge in [-0.1, -0.05) is 17.7 Å². The van der Waals surface area contributed by atoms with Gasteiger partial charge in [-0.25, -0.2) is 4.98 Å². The number of aromatic hydroxyl groups is 1. The Labute approximate surface area is 132 Å². The van der Waals surface area contributed by atoms with Crippen molar-refractivity contribution < 1.29 is 9.90 Å². The van der Waals surface area contributed by atoms with E-state index in [1.54, 1.807) is 0 Å². The summed E-state index contributed by atoms with van der Waals surface area (Å²) in [4.78, 5) is 16.5. The normalized spacial score (nSPS) is 10.8. The maximum Gasteiger partial charge on any atom is 0.255 e. The highest BCUT2D eigenvalue weighted by Crippen LogP contribution is 2.21. The van der Waals surface area contributed by atoms with Crippen LogP contribution in [0.1, 0.15) is 16.1 Å². The Kier molecular flexibility index (Phi) is 3.98. The van der Waals surface area contributed by atoms with Gasteiger partial charge in [-0.15, -0.1) is 0 Å². The minimum absolute atomic E-state index is 0.0883. The van der Waals surface area contributed by atoms with Crippen LogP contribution < -0.4 is 5.32 Å². The summed E-state index contributed by atoms with van der Waals surface area (Å²) in [7, 11) is 0. The van der Waals surface area contributed by atoms with Gasteiger partial charge in [0.25, 0.3) is 5.91 Å². The fourth-order valence-electron chi connectivity index (χ4n) is 2.20. The molecule has 0 fully saturated rings. The number of imidazole rings is 1. The van der Waals surface area contributed by atoms with Crippen LogP contribution in [0.4, 0.5) is 0 Å². The lowest BCUT2D eigenvalue weighted by Gasteiger charge is -2.06. The number of aromatic nitrogens is 2. The van der Waals surface area contributed by atoms with Crippen molar-refractivity contribution in [2.75, 3.05) is 6.54 Å². The molecule has 0 bridgehead atoms. The maximum atomic E-state index is 12.0. The number of nitrogens with zero attached hydrogens (tertiary/aromatic N) is 2. The number of phenols is 1.